The highest BCUT2D eigenvalue weighted by Gasteiger charge is 2.43. The topological polar surface area (TPSA) is 181 Å². The molecule has 5 aromatic rings. The van der Waals surface area contributed by atoms with Crippen molar-refractivity contribution < 1.29 is 23.5 Å². The third-order valence-electron chi connectivity index (χ3n) is 11.9. The summed E-state index contributed by atoms with van der Waals surface area (Å²) in [4.78, 5) is 47.0. The van der Waals surface area contributed by atoms with Crippen LogP contribution in [0, 0.1) is 17.7 Å². The molecule has 14 nitrogen and oxygen atoms in total. The second kappa shape index (κ2) is 15.5. The van der Waals surface area contributed by atoms with Crippen molar-refractivity contribution in [2.45, 2.75) is 62.7 Å². The number of fused-ring (bicyclic) bond motifs is 2. The third-order valence-corrected chi connectivity index (χ3v) is 11.9. The van der Waals surface area contributed by atoms with E-state index in [0.29, 0.717) is 35.4 Å². The minimum Gasteiger partial charge on any atom is -0.457 e. The third kappa shape index (κ3) is 7.64. The number of nitrogens with zero attached hydrogens (tertiary/aromatic N) is 5. The Balaban J connectivity index is 0.728. The predicted molar refractivity (Wildman–Crippen MR) is 212 cm³/mol. The van der Waals surface area contributed by atoms with Gasteiger partial charge in [0.25, 0.3) is 5.91 Å². The van der Waals surface area contributed by atoms with E-state index in [-0.39, 0.29) is 30.4 Å². The second-order valence-electron chi connectivity index (χ2n) is 15.7. The first kappa shape index (κ1) is 36.7. The quantitative estimate of drug-likeness (QED) is 0.0900. The molecule has 3 aromatic carbocycles. The molecule has 2 saturated carbocycles. The monoisotopic (exact) mass is 772 g/mol. The summed E-state index contributed by atoms with van der Waals surface area (Å²) in [5.41, 5.74) is 9.50. The summed E-state index contributed by atoms with van der Waals surface area (Å²) in [5, 5.41) is 18.0. The fraction of sp³-hybridized carbons (Fsp3) is 0.381. The summed E-state index contributed by atoms with van der Waals surface area (Å²) in [6.45, 7) is 3.19. The van der Waals surface area contributed by atoms with E-state index in [1.54, 1.807) is 6.07 Å². The summed E-state index contributed by atoms with van der Waals surface area (Å²) >= 11 is 0. The van der Waals surface area contributed by atoms with E-state index >= 15 is 0 Å². The average Bonchev–Trinajstić information content (AvgIpc) is 3.88. The van der Waals surface area contributed by atoms with Gasteiger partial charge in [0.1, 0.15) is 41.2 Å². The summed E-state index contributed by atoms with van der Waals surface area (Å²) in [6, 6.07) is 22.3. The number of piperidine rings is 1. The number of nitrogens with two attached hydrogens (primary N) is 1. The molecular formula is C42H45FN10O4. The second-order valence-corrected chi connectivity index (χ2v) is 15.7. The van der Waals surface area contributed by atoms with Gasteiger partial charge in [-0.05, 0) is 98.5 Å². The first-order valence-electron chi connectivity index (χ1n) is 19.7. The smallest absolute Gasteiger partial charge is 0.254 e. The molecule has 2 aromatic heterocycles. The Labute approximate surface area is 328 Å². The predicted octanol–water partition coefficient (Wildman–Crippen LogP) is 4.34. The molecule has 0 bridgehead atoms. The highest BCUT2D eigenvalue weighted by atomic mass is 19.1. The van der Waals surface area contributed by atoms with E-state index in [0.717, 1.165) is 85.7 Å². The molecule has 57 heavy (non-hydrogen) atoms. The molecule has 9 rings (SSSR count). The number of carbonyl (C=O) groups is 3. The van der Waals surface area contributed by atoms with Crippen LogP contribution < -0.4 is 36.6 Å². The molecule has 2 saturated heterocycles. The van der Waals surface area contributed by atoms with Gasteiger partial charge in [0.2, 0.25) is 11.8 Å². The zero-order valence-corrected chi connectivity index (χ0v) is 31.4. The van der Waals surface area contributed by atoms with Gasteiger partial charge in [-0.1, -0.05) is 18.2 Å². The lowest BCUT2D eigenvalue weighted by Crippen LogP contribution is -2.59. The van der Waals surface area contributed by atoms with Crippen molar-refractivity contribution in [2.75, 3.05) is 36.8 Å². The molecule has 3 atom stereocenters. The molecule has 2 aliphatic heterocycles. The van der Waals surface area contributed by atoms with Crippen molar-refractivity contribution in [3.63, 3.8) is 0 Å². The molecule has 3 unspecified atom stereocenters. The van der Waals surface area contributed by atoms with E-state index in [2.05, 4.69) is 40.8 Å². The van der Waals surface area contributed by atoms with Crippen molar-refractivity contribution in [2.24, 2.45) is 11.8 Å². The Kier molecular flexibility index (Phi) is 10.0. The maximum atomic E-state index is 14.9. The summed E-state index contributed by atoms with van der Waals surface area (Å²) in [5.74, 6) is 0.910. The van der Waals surface area contributed by atoms with Crippen LogP contribution in [0.2, 0.25) is 0 Å². The van der Waals surface area contributed by atoms with Gasteiger partial charge in [0.05, 0.1) is 17.0 Å². The number of benzene rings is 3. The molecule has 2 aliphatic carbocycles. The number of nitrogen functional groups attached to an aromatic ring is 1. The first-order valence-corrected chi connectivity index (χ1v) is 19.7. The molecule has 3 amide bonds. The average molecular weight is 773 g/mol. The van der Waals surface area contributed by atoms with Gasteiger partial charge in [0, 0.05) is 55.9 Å². The molecule has 0 radical (unpaired) electrons. The lowest BCUT2D eigenvalue weighted by atomic mass is 10.0. The number of imide groups is 1. The Bertz CT molecular complexity index is 2280. The van der Waals surface area contributed by atoms with E-state index in [1.807, 2.05) is 54.6 Å². The largest absolute Gasteiger partial charge is 0.457 e. The van der Waals surface area contributed by atoms with Crippen LogP contribution in [0.5, 0.6) is 11.5 Å². The molecule has 294 valence electrons. The van der Waals surface area contributed by atoms with Crippen LogP contribution in [-0.2, 0) is 9.59 Å². The number of halogens is 1. The SMILES string of the molecule is Nc1ncnc2c1c(-c1ccc(Oc3ccccc3)cc1)nn2C1CC2CC(NCCNC3CN(c4ccc(C(=O)NC5CCC(=O)NC5=O)c(F)c4)C3)CC2C1. The molecule has 4 fully saturated rings. The van der Waals surface area contributed by atoms with Gasteiger partial charge < -0.3 is 31.3 Å². The van der Waals surface area contributed by atoms with E-state index in [9.17, 15) is 18.8 Å². The minimum absolute atomic E-state index is 0.130. The molecule has 6 N–H and O–H groups in total. The maximum Gasteiger partial charge on any atom is 0.254 e. The van der Waals surface area contributed by atoms with Gasteiger partial charge in [-0.25, -0.2) is 19.0 Å². The number of hydrogen-bond donors (Lipinski definition) is 5. The van der Waals surface area contributed by atoms with Crippen LogP contribution >= 0.6 is 0 Å². The molecule has 15 heteroatoms. The van der Waals surface area contributed by atoms with Gasteiger partial charge in [-0.15, -0.1) is 0 Å². The Morgan fingerprint density at radius 2 is 1.61 bits per heavy atom. The fourth-order valence-corrected chi connectivity index (χ4v) is 9.03. The highest BCUT2D eigenvalue weighted by molar-refractivity contribution is 6.04. The van der Waals surface area contributed by atoms with Crippen LogP contribution in [0.25, 0.3) is 22.3 Å². The number of rotatable bonds is 12. The zero-order valence-electron chi connectivity index (χ0n) is 31.4. The number of ether oxygens (including phenoxy) is 1. The van der Waals surface area contributed by atoms with Crippen molar-refractivity contribution in [1.29, 1.82) is 0 Å². The molecule has 4 aliphatic rings. The molecule has 0 spiro atoms. The van der Waals surface area contributed by atoms with Crippen molar-refractivity contribution >= 4 is 40.3 Å². The number of hydrogen-bond acceptors (Lipinski definition) is 11. The minimum atomic E-state index is -0.857. The van der Waals surface area contributed by atoms with Crippen molar-refractivity contribution in [3.05, 3.63) is 90.5 Å². The summed E-state index contributed by atoms with van der Waals surface area (Å²) in [6.07, 6.45) is 6.22. The van der Waals surface area contributed by atoms with Gasteiger partial charge >= 0.3 is 0 Å². The Morgan fingerprint density at radius 1 is 0.895 bits per heavy atom. The van der Waals surface area contributed by atoms with Crippen LogP contribution in [0.3, 0.4) is 0 Å². The van der Waals surface area contributed by atoms with Gasteiger partial charge in [-0.2, -0.15) is 5.10 Å². The maximum absolute atomic E-state index is 14.9. The van der Waals surface area contributed by atoms with Crippen LogP contribution in [-0.4, -0.2) is 81.8 Å². The van der Waals surface area contributed by atoms with E-state index < -0.39 is 23.7 Å². The zero-order chi connectivity index (χ0) is 39.0. The normalized spacial score (nSPS) is 23.3. The van der Waals surface area contributed by atoms with E-state index in [1.165, 1.54) is 18.5 Å². The summed E-state index contributed by atoms with van der Waals surface area (Å²) < 4.78 is 23.0. The van der Waals surface area contributed by atoms with Crippen molar-refractivity contribution in [3.8, 4) is 22.8 Å². The standard InChI is InChI=1S/C42H45FN10O4/c43-34-20-29(8-11-33(34)41(55)49-35-12-13-36(54)50-42(35)56)52-21-28(22-52)46-15-14-45-27-16-25-18-30(19-26(25)17-27)53-40-37(39(44)47-23-48-40)38(51-53)24-6-9-32(10-7-24)57-31-4-2-1-3-5-31/h1-11,20,23,25-28,30,35,45-46H,12-19,21-22H2,(H,49,55)(H2,44,47,48)(H,50,54,56). The summed E-state index contributed by atoms with van der Waals surface area (Å²) in [7, 11) is 0. The number of para-hydroxylation sites is 1. The Hall–Kier alpha value is -5.93. The van der Waals surface area contributed by atoms with Crippen LogP contribution in [0.4, 0.5) is 15.9 Å². The van der Waals surface area contributed by atoms with Gasteiger partial charge in [-0.3, -0.25) is 19.7 Å². The van der Waals surface area contributed by atoms with Gasteiger partial charge in [0.15, 0.2) is 5.65 Å². The number of nitrogens with one attached hydrogen (secondary N) is 4. The number of carbonyl (C=O) groups excluding carboxylic acids is 3. The van der Waals surface area contributed by atoms with Crippen LogP contribution in [0.15, 0.2) is 79.1 Å². The number of anilines is 2. The van der Waals surface area contributed by atoms with E-state index in [4.69, 9.17) is 15.6 Å². The lowest BCUT2D eigenvalue weighted by molar-refractivity contribution is -0.134. The fourth-order valence-electron chi connectivity index (χ4n) is 9.03. The molecule has 4 heterocycles. The first-order chi connectivity index (χ1) is 27.8. The number of amides is 3. The number of aromatic nitrogens is 4. The van der Waals surface area contributed by atoms with Crippen LogP contribution in [0.1, 0.15) is 54.9 Å². The highest BCUT2D eigenvalue weighted by Crippen LogP contribution is 2.49. The lowest BCUT2D eigenvalue weighted by Gasteiger charge is -2.41. The van der Waals surface area contributed by atoms with Crippen molar-refractivity contribution in [1.82, 2.24) is 41.0 Å². The molecular weight excluding hydrogens is 728 g/mol. The Morgan fingerprint density at radius 3 is 2.33 bits per heavy atom.